The molecule has 2 amide bonds. The Kier molecular flexibility index (Phi) is 9.81. The molecular formula is C23H25Cl2IN2O5S. The molecule has 0 aliphatic heterocycles. The summed E-state index contributed by atoms with van der Waals surface area (Å²) in [6, 6.07) is 10.1. The first-order valence-electron chi connectivity index (χ1n) is 10.0. The van der Waals surface area contributed by atoms with Gasteiger partial charge in [-0.05, 0) is 85.3 Å². The number of ether oxygens (including phenoxy) is 1. The molecule has 0 aromatic heterocycles. The van der Waals surface area contributed by atoms with E-state index in [0.29, 0.717) is 15.0 Å². The van der Waals surface area contributed by atoms with Crippen LogP contribution < -0.4 is 15.4 Å². The standard InChI is InChI=1S/C23H25Cl2IN2O5S/c1-14-12-15(33-11-10-19(24)25)8-9-18(14)27-21(29)16-6-5-7-17(26)20(16)22(30)28-23(2,3)13-34(4,31)32/h5-10,12H,11,13H2,1-4H3,(H,27,29)(H,28,30). The molecular weight excluding hydrogens is 614 g/mol. The number of carbonyl (C=O) groups is 2. The summed E-state index contributed by atoms with van der Waals surface area (Å²) in [6.07, 6.45) is 2.61. The van der Waals surface area contributed by atoms with Crippen LogP contribution >= 0.6 is 45.8 Å². The monoisotopic (exact) mass is 638 g/mol. The fourth-order valence-corrected chi connectivity index (χ4v) is 5.51. The van der Waals surface area contributed by atoms with E-state index >= 15 is 0 Å². The van der Waals surface area contributed by atoms with Crippen LogP contribution in [0.25, 0.3) is 0 Å². The van der Waals surface area contributed by atoms with Crippen LogP contribution in [0, 0.1) is 10.5 Å². The first-order valence-corrected chi connectivity index (χ1v) is 13.9. The lowest BCUT2D eigenvalue weighted by Crippen LogP contribution is -2.48. The molecule has 0 aliphatic carbocycles. The Balaban J connectivity index is 2.25. The maximum absolute atomic E-state index is 13.1. The summed E-state index contributed by atoms with van der Waals surface area (Å²) in [4.78, 5) is 26.2. The van der Waals surface area contributed by atoms with Crippen LogP contribution in [0.4, 0.5) is 5.69 Å². The minimum atomic E-state index is -3.33. The third-order valence-electron chi connectivity index (χ3n) is 4.49. The Labute approximate surface area is 223 Å². The van der Waals surface area contributed by atoms with Crippen molar-refractivity contribution in [2.45, 2.75) is 26.3 Å². The van der Waals surface area contributed by atoms with Crippen molar-refractivity contribution in [1.82, 2.24) is 5.32 Å². The van der Waals surface area contributed by atoms with Crippen LogP contribution in [0.1, 0.15) is 40.1 Å². The Bertz CT molecular complexity index is 1230. The third kappa shape index (κ3) is 8.75. The molecule has 0 spiro atoms. The molecule has 2 N–H and O–H groups in total. The molecule has 0 aliphatic rings. The highest BCUT2D eigenvalue weighted by Crippen LogP contribution is 2.24. The van der Waals surface area contributed by atoms with Crippen molar-refractivity contribution in [1.29, 1.82) is 0 Å². The van der Waals surface area contributed by atoms with Gasteiger partial charge in [-0.3, -0.25) is 9.59 Å². The number of carbonyl (C=O) groups excluding carboxylic acids is 2. The fourth-order valence-electron chi connectivity index (χ4n) is 3.26. The molecule has 7 nitrogen and oxygen atoms in total. The van der Waals surface area contributed by atoms with Crippen molar-refractivity contribution < 1.29 is 22.7 Å². The quantitative estimate of drug-likeness (QED) is 0.372. The van der Waals surface area contributed by atoms with E-state index in [1.54, 1.807) is 50.2 Å². The topological polar surface area (TPSA) is 102 Å². The van der Waals surface area contributed by atoms with Crippen molar-refractivity contribution in [3.05, 3.63) is 67.2 Å². The lowest BCUT2D eigenvalue weighted by molar-refractivity contribution is 0.0909. The van der Waals surface area contributed by atoms with Crippen molar-refractivity contribution in [3.63, 3.8) is 0 Å². The lowest BCUT2D eigenvalue weighted by Gasteiger charge is -2.26. The molecule has 0 heterocycles. The van der Waals surface area contributed by atoms with Gasteiger partial charge in [0.25, 0.3) is 11.8 Å². The van der Waals surface area contributed by atoms with Gasteiger partial charge in [-0.25, -0.2) is 8.42 Å². The molecule has 0 saturated carbocycles. The van der Waals surface area contributed by atoms with Gasteiger partial charge >= 0.3 is 0 Å². The van der Waals surface area contributed by atoms with Crippen LogP contribution in [-0.2, 0) is 9.84 Å². The molecule has 0 atom stereocenters. The number of rotatable bonds is 9. The maximum Gasteiger partial charge on any atom is 0.256 e. The van der Waals surface area contributed by atoms with Gasteiger partial charge in [0.05, 0.1) is 16.9 Å². The zero-order valence-corrected chi connectivity index (χ0v) is 23.5. The number of amides is 2. The number of hydrogen-bond acceptors (Lipinski definition) is 5. The highest BCUT2D eigenvalue weighted by Gasteiger charge is 2.29. The Morgan fingerprint density at radius 2 is 1.82 bits per heavy atom. The number of aryl methyl sites for hydroxylation is 1. The van der Waals surface area contributed by atoms with E-state index in [-0.39, 0.29) is 28.0 Å². The molecule has 184 valence electrons. The van der Waals surface area contributed by atoms with Gasteiger partial charge in [-0.2, -0.15) is 0 Å². The van der Waals surface area contributed by atoms with Gasteiger partial charge in [0.1, 0.15) is 26.7 Å². The Hall–Kier alpha value is -1.82. The van der Waals surface area contributed by atoms with E-state index in [1.165, 1.54) is 6.08 Å². The number of halogens is 3. The van der Waals surface area contributed by atoms with E-state index in [0.717, 1.165) is 11.8 Å². The SMILES string of the molecule is Cc1cc(OCC=C(Cl)Cl)ccc1NC(=O)c1cccc(I)c1C(=O)NC(C)(C)CS(C)(=O)=O. The summed E-state index contributed by atoms with van der Waals surface area (Å²) in [6.45, 7) is 5.24. The molecule has 2 aromatic carbocycles. The minimum absolute atomic E-state index is 0.109. The summed E-state index contributed by atoms with van der Waals surface area (Å²) in [5.41, 5.74) is 0.612. The molecule has 0 unspecified atom stereocenters. The number of hydrogen-bond donors (Lipinski definition) is 2. The first kappa shape index (κ1) is 28.4. The van der Waals surface area contributed by atoms with Gasteiger partial charge in [-0.15, -0.1) is 0 Å². The van der Waals surface area contributed by atoms with Crippen LogP contribution in [-0.4, -0.2) is 44.4 Å². The van der Waals surface area contributed by atoms with Gasteiger partial charge in [0.15, 0.2) is 0 Å². The highest BCUT2D eigenvalue weighted by atomic mass is 127. The second kappa shape index (κ2) is 11.7. The summed E-state index contributed by atoms with van der Waals surface area (Å²) < 4.78 is 29.6. The second-order valence-electron chi connectivity index (χ2n) is 8.31. The summed E-state index contributed by atoms with van der Waals surface area (Å²) in [5, 5.41) is 5.56. The average Bonchev–Trinajstić information content (AvgIpc) is 2.67. The molecule has 0 saturated heterocycles. The highest BCUT2D eigenvalue weighted by molar-refractivity contribution is 14.1. The second-order valence-corrected chi connectivity index (χ2v) is 12.6. The van der Waals surface area contributed by atoms with Gasteiger partial charge in [-0.1, -0.05) is 29.3 Å². The number of anilines is 1. The fraction of sp³-hybridized carbons (Fsp3) is 0.304. The van der Waals surface area contributed by atoms with E-state index in [9.17, 15) is 18.0 Å². The number of benzene rings is 2. The van der Waals surface area contributed by atoms with E-state index in [4.69, 9.17) is 27.9 Å². The Morgan fingerprint density at radius 1 is 1.15 bits per heavy atom. The van der Waals surface area contributed by atoms with Crippen molar-refractivity contribution >= 4 is 73.1 Å². The third-order valence-corrected chi connectivity index (χ3v) is 6.95. The van der Waals surface area contributed by atoms with Crippen LogP contribution in [0.15, 0.2) is 47.0 Å². The largest absolute Gasteiger partial charge is 0.489 e. The Morgan fingerprint density at radius 3 is 2.41 bits per heavy atom. The molecule has 34 heavy (non-hydrogen) atoms. The molecule has 11 heteroatoms. The number of sulfone groups is 1. The van der Waals surface area contributed by atoms with Crippen molar-refractivity contribution in [3.8, 4) is 5.75 Å². The number of nitrogens with one attached hydrogen (secondary N) is 2. The zero-order valence-electron chi connectivity index (χ0n) is 19.0. The van der Waals surface area contributed by atoms with Crippen molar-refractivity contribution in [2.24, 2.45) is 0 Å². The molecule has 0 radical (unpaired) electrons. The predicted molar refractivity (Wildman–Crippen MR) is 145 cm³/mol. The lowest BCUT2D eigenvalue weighted by atomic mass is 10.0. The van der Waals surface area contributed by atoms with Gasteiger partial charge in [0.2, 0.25) is 0 Å². The van der Waals surface area contributed by atoms with E-state index < -0.39 is 27.2 Å². The zero-order chi connectivity index (χ0) is 25.7. The first-order chi connectivity index (χ1) is 15.7. The summed E-state index contributed by atoms with van der Waals surface area (Å²) >= 11 is 13.1. The summed E-state index contributed by atoms with van der Waals surface area (Å²) in [5.74, 6) is -0.672. The molecule has 2 aromatic rings. The molecule has 2 rings (SSSR count). The smallest absolute Gasteiger partial charge is 0.256 e. The molecule has 0 bridgehead atoms. The van der Waals surface area contributed by atoms with Crippen LogP contribution in [0.3, 0.4) is 0 Å². The van der Waals surface area contributed by atoms with Gasteiger partial charge < -0.3 is 15.4 Å². The van der Waals surface area contributed by atoms with Crippen molar-refractivity contribution in [2.75, 3.05) is 23.9 Å². The summed E-state index contributed by atoms with van der Waals surface area (Å²) in [7, 11) is -3.33. The van der Waals surface area contributed by atoms with Gasteiger partial charge in [0, 0.05) is 21.1 Å². The van der Waals surface area contributed by atoms with E-state index in [2.05, 4.69) is 10.6 Å². The van der Waals surface area contributed by atoms with Crippen LogP contribution in [0.5, 0.6) is 5.75 Å². The maximum atomic E-state index is 13.1. The normalized spacial score (nSPS) is 11.5. The average molecular weight is 639 g/mol. The molecule has 0 fully saturated rings. The predicted octanol–water partition coefficient (Wildman–Crippen LogP) is 5.10. The minimum Gasteiger partial charge on any atom is -0.489 e. The van der Waals surface area contributed by atoms with E-state index in [1.807, 2.05) is 29.5 Å². The van der Waals surface area contributed by atoms with Crippen LogP contribution in [0.2, 0.25) is 0 Å².